The van der Waals surface area contributed by atoms with Gasteiger partial charge in [0.05, 0.1) is 5.01 Å². The summed E-state index contributed by atoms with van der Waals surface area (Å²) in [6.45, 7) is 0. The number of carboxylic acids is 1. The second-order valence-electron chi connectivity index (χ2n) is 3.63. The molecule has 0 atom stereocenters. The van der Waals surface area contributed by atoms with Crippen molar-refractivity contribution in [3.63, 3.8) is 0 Å². The fraction of sp³-hybridized carbons (Fsp3) is 0.182. The molecule has 2 rings (SSSR count). The molecule has 0 radical (unpaired) electrons. The fourth-order valence-corrected chi connectivity index (χ4v) is 2.41. The Bertz CT molecular complexity index is 596. The van der Waals surface area contributed by atoms with E-state index in [0.717, 1.165) is 0 Å². The van der Waals surface area contributed by atoms with Crippen molar-refractivity contribution in [3.8, 4) is 0 Å². The van der Waals surface area contributed by atoms with Gasteiger partial charge in [0.1, 0.15) is 4.88 Å². The van der Waals surface area contributed by atoms with Crippen LogP contribution in [-0.4, -0.2) is 21.0 Å². The number of carbonyl (C=O) groups is 1. The first-order valence-corrected chi connectivity index (χ1v) is 5.88. The standard InChI is InChI=1S/C11H7F3N2O2S/c12-11(13,14)9-8(10(17)18)19-7(16-9)4-6-2-1-3-15-5-6/h1-3,5H,4H2,(H,17,18). The molecule has 8 heteroatoms. The Kier molecular flexibility index (Phi) is 3.52. The Morgan fingerprint density at radius 1 is 1.42 bits per heavy atom. The van der Waals surface area contributed by atoms with Crippen LogP contribution in [0.15, 0.2) is 24.5 Å². The van der Waals surface area contributed by atoms with Gasteiger partial charge in [-0.05, 0) is 11.6 Å². The third-order valence-corrected chi connectivity index (χ3v) is 3.26. The van der Waals surface area contributed by atoms with Gasteiger partial charge in [-0.25, -0.2) is 9.78 Å². The van der Waals surface area contributed by atoms with Gasteiger partial charge in [-0.1, -0.05) is 6.07 Å². The first-order chi connectivity index (χ1) is 8.88. The van der Waals surface area contributed by atoms with Crippen molar-refractivity contribution >= 4 is 17.3 Å². The molecule has 2 aromatic heterocycles. The van der Waals surface area contributed by atoms with Gasteiger partial charge in [-0.2, -0.15) is 13.2 Å². The van der Waals surface area contributed by atoms with Crippen LogP contribution in [0.1, 0.15) is 25.9 Å². The van der Waals surface area contributed by atoms with Crippen LogP contribution in [0.5, 0.6) is 0 Å². The summed E-state index contributed by atoms with van der Waals surface area (Å²) < 4.78 is 37.9. The van der Waals surface area contributed by atoms with Crippen LogP contribution >= 0.6 is 11.3 Å². The number of hydrogen-bond acceptors (Lipinski definition) is 4. The number of halogens is 3. The highest BCUT2D eigenvalue weighted by molar-refractivity contribution is 7.13. The molecule has 2 aromatic rings. The molecule has 0 aromatic carbocycles. The zero-order chi connectivity index (χ0) is 14.0. The number of carboxylic acid groups (broad SMARTS) is 1. The molecule has 4 nitrogen and oxygen atoms in total. The van der Waals surface area contributed by atoms with E-state index in [-0.39, 0.29) is 11.4 Å². The lowest BCUT2D eigenvalue weighted by Crippen LogP contribution is -2.11. The normalized spacial score (nSPS) is 11.5. The predicted molar refractivity (Wildman–Crippen MR) is 61.1 cm³/mol. The summed E-state index contributed by atoms with van der Waals surface area (Å²) >= 11 is 0.531. The van der Waals surface area contributed by atoms with Gasteiger partial charge in [0.2, 0.25) is 0 Å². The van der Waals surface area contributed by atoms with E-state index in [9.17, 15) is 18.0 Å². The zero-order valence-corrected chi connectivity index (χ0v) is 10.1. The highest BCUT2D eigenvalue weighted by Gasteiger charge is 2.39. The first kappa shape index (κ1) is 13.5. The van der Waals surface area contributed by atoms with Crippen molar-refractivity contribution in [2.75, 3.05) is 0 Å². The maximum Gasteiger partial charge on any atom is 0.435 e. The van der Waals surface area contributed by atoms with Crippen LogP contribution in [0.2, 0.25) is 0 Å². The average Bonchev–Trinajstić information content (AvgIpc) is 2.74. The summed E-state index contributed by atoms with van der Waals surface area (Å²) in [7, 11) is 0. The number of aromatic carboxylic acids is 1. The molecule has 0 spiro atoms. The van der Waals surface area contributed by atoms with Gasteiger partial charge in [0, 0.05) is 18.8 Å². The SMILES string of the molecule is O=C(O)c1sc(Cc2cccnc2)nc1C(F)(F)F. The molecule has 0 aliphatic heterocycles. The Labute approximate surface area is 109 Å². The third kappa shape index (κ3) is 3.08. The van der Waals surface area contributed by atoms with Gasteiger partial charge in [-0.15, -0.1) is 11.3 Å². The molecular formula is C11H7F3N2O2S. The summed E-state index contributed by atoms with van der Waals surface area (Å²) in [6.07, 6.45) is -1.61. The lowest BCUT2D eigenvalue weighted by molar-refractivity contribution is -0.141. The van der Waals surface area contributed by atoms with Crippen LogP contribution < -0.4 is 0 Å². The zero-order valence-electron chi connectivity index (χ0n) is 9.31. The molecule has 0 unspecified atom stereocenters. The van der Waals surface area contributed by atoms with Crippen molar-refractivity contribution < 1.29 is 23.1 Å². The van der Waals surface area contributed by atoms with Gasteiger partial charge < -0.3 is 5.11 Å². The molecule has 0 saturated heterocycles. The molecule has 1 N–H and O–H groups in total. The van der Waals surface area contributed by atoms with Gasteiger partial charge in [0.15, 0.2) is 5.69 Å². The number of thiazole rings is 1. The van der Waals surface area contributed by atoms with Crippen LogP contribution in [0.4, 0.5) is 13.2 Å². The lowest BCUT2D eigenvalue weighted by Gasteiger charge is -2.02. The minimum atomic E-state index is -4.77. The molecule has 100 valence electrons. The monoisotopic (exact) mass is 288 g/mol. The summed E-state index contributed by atoms with van der Waals surface area (Å²) in [4.78, 5) is 17.2. The smallest absolute Gasteiger partial charge is 0.435 e. The minimum absolute atomic E-state index is 0.0951. The number of pyridine rings is 1. The molecule has 0 saturated carbocycles. The van der Waals surface area contributed by atoms with E-state index in [1.165, 1.54) is 12.4 Å². The van der Waals surface area contributed by atoms with Crippen LogP contribution in [-0.2, 0) is 12.6 Å². The number of hydrogen-bond donors (Lipinski definition) is 1. The van der Waals surface area contributed by atoms with E-state index in [4.69, 9.17) is 5.11 Å². The fourth-order valence-electron chi connectivity index (χ4n) is 1.45. The highest BCUT2D eigenvalue weighted by Crippen LogP contribution is 2.34. The molecule has 0 fully saturated rings. The number of rotatable bonds is 3. The number of aromatic nitrogens is 2. The maximum absolute atomic E-state index is 12.6. The van der Waals surface area contributed by atoms with Gasteiger partial charge >= 0.3 is 12.1 Å². The summed E-state index contributed by atoms with van der Waals surface area (Å²) in [5, 5.41) is 8.86. The number of nitrogens with zero attached hydrogens (tertiary/aromatic N) is 2. The Balaban J connectivity index is 2.36. The summed E-state index contributed by atoms with van der Waals surface area (Å²) in [6, 6.07) is 3.33. The van der Waals surface area contributed by atoms with Crippen molar-refractivity contribution in [1.82, 2.24) is 9.97 Å². The van der Waals surface area contributed by atoms with Crippen LogP contribution in [0.3, 0.4) is 0 Å². The molecule has 0 amide bonds. The minimum Gasteiger partial charge on any atom is -0.477 e. The summed E-state index contributed by atoms with van der Waals surface area (Å²) in [5.74, 6) is -1.62. The van der Waals surface area contributed by atoms with Crippen molar-refractivity contribution in [1.29, 1.82) is 0 Å². The predicted octanol–water partition coefficient (Wildman–Crippen LogP) is 2.85. The lowest BCUT2D eigenvalue weighted by atomic mass is 10.2. The number of alkyl halides is 3. The second kappa shape index (κ2) is 4.96. The highest BCUT2D eigenvalue weighted by atomic mass is 32.1. The van der Waals surface area contributed by atoms with E-state index in [0.29, 0.717) is 16.9 Å². The Hall–Kier alpha value is -1.96. The maximum atomic E-state index is 12.6. The average molecular weight is 288 g/mol. The van der Waals surface area contributed by atoms with E-state index >= 15 is 0 Å². The molecule has 0 bridgehead atoms. The summed E-state index contributed by atoms with van der Waals surface area (Å²) in [5.41, 5.74) is -0.675. The molecule has 0 aliphatic carbocycles. The van der Waals surface area contributed by atoms with Gasteiger partial charge in [-0.3, -0.25) is 4.98 Å². The van der Waals surface area contributed by atoms with Crippen molar-refractivity contribution in [2.24, 2.45) is 0 Å². The Morgan fingerprint density at radius 2 is 2.16 bits per heavy atom. The molecule has 19 heavy (non-hydrogen) atoms. The van der Waals surface area contributed by atoms with E-state index in [1.807, 2.05) is 0 Å². The molecule has 2 heterocycles. The van der Waals surface area contributed by atoms with Crippen LogP contribution in [0, 0.1) is 0 Å². The Morgan fingerprint density at radius 3 is 2.63 bits per heavy atom. The van der Waals surface area contributed by atoms with Gasteiger partial charge in [0.25, 0.3) is 0 Å². The second-order valence-corrected chi connectivity index (χ2v) is 4.71. The van der Waals surface area contributed by atoms with Crippen molar-refractivity contribution in [2.45, 2.75) is 12.6 Å². The third-order valence-electron chi connectivity index (χ3n) is 2.21. The topological polar surface area (TPSA) is 63.1 Å². The van der Waals surface area contributed by atoms with E-state index < -0.39 is 22.7 Å². The van der Waals surface area contributed by atoms with E-state index in [2.05, 4.69) is 9.97 Å². The van der Waals surface area contributed by atoms with Crippen LogP contribution in [0.25, 0.3) is 0 Å². The quantitative estimate of drug-likeness (QED) is 0.943. The molecular weight excluding hydrogens is 281 g/mol. The van der Waals surface area contributed by atoms with Crippen molar-refractivity contribution in [3.05, 3.63) is 45.7 Å². The van der Waals surface area contributed by atoms with E-state index in [1.54, 1.807) is 12.1 Å². The first-order valence-electron chi connectivity index (χ1n) is 5.07. The largest absolute Gasteiger partial charge is 0.477 e. The molecule has 0 aliphatic rings.